The lowest BCUT2D eigenvalue weighted by Crippen LogP contribution is -2.48. The van der Waals surface area contributed by atoms with Gasteiger partial charge in [-0.15, -0.1) is 0 Å². The van der Waals surface area contributed by atoms with Crippen LogP contribution in [0.2, 0.25) is 0 Å². The average molecular weight is 230 g/mol. The van der Waals surface area contributed by atoms with Crippen LogP contribution in [0.1, 0.15) is 34.1 Å². The van der Waals surface area contributed by atoms with E-state index >= 15 is 0 Å². The molecule has 0 amide bonds. The number of hydrogen-bond acceptors (Lipinski definition) is 3. The van der Waals surface area contributed by atoms with E-state index in [1.54, 1.807) is 0 Å². The fraction of sp³-hybridized carbons (Fsp3) is 1.00. The van der Waals surface area contributed by atoms with E-state index in [1.807, 2.05) is 0 Å². The summed E-state index contributed by atoms with van der Waals surface area (Å²) in [7, 11) is 2.05. The monoisotopic (exact) mass is 230 g/mol. The van der Waals surface area contributed by atoms with E-state index in [2.05, 4.69) is 56.7 Å². The van der Waals surface area contributed by atoms with Gasteiger partial charge in [-0.2, -0.15) is 11.8 Å². The predicted molar refractivity (Wildman–Crippen MR) is 70.7 cm³/mol. The highest BCUT2D eigenvalue weighted by atomic mass is 32.2. The van der Waals surface area contributed by atoms with E-state index in [4.69, 9.17) is 0 Å². The summed E-state index contributed by atoms with van der Waals surface area (Å²) in [5, 5.41) is 3.38. The lowest BCUT2D eigenvalue weighted by atomic mass is 10.0. The Hall–Kier alpha value is 0.270. The number of nitrogens with zero attached hydrogens (tertiary/aromatic N) is 1. The molecular weight excluding hydrogens is 204 g/mol. The van der Waals surface area contributed by atoms with Gasteiger partial charge in [0.05, 0.1) is 0 Å². The Bertz CT molecular complexity index is 202. The van der Waals surface area contributed by atoms with Gasteiger partial charge >= 0.3 is 0 Å². The summed E-state index contributed by atoms with van der Waals surface area (Å²) in [6, 6.07) is 0. The van der Waals surface area contributed by atoms with Crippen molar-refractivity contribution in [3.63, 3.8) is 0 Å². The third-order valence-electron chi connectivity index (χ3n) is 3.23. The summed E-state index contributed by atoms with van der Waals surface area (Å²) >= 11 is 2.12. The van der Waals surface area contributed by atoms with Crippen molar-refractivity contribution >= 4 is 11.8 Å². The minimum atomic E-state index is 0.235. The molecule has 1 saturated heterocycles. The minimum absolute atomic E-state index is 0.235. The Balaban J connectivity index is 2.45. The van der Waals surface area contributed by atoms with E-state index < -0.39 is 0 Å². The zero-order valence-electron chi connectivity index (χ0n) is 10.9. The highest BCUT2D eigenvalue weighted by molar-refractivity contribution is 8.00. The predicted octanol–water partition coefficient (Wildman–Crippen LogP) is 2.20. The summed E-state index contributed by atoms with van der Waals surface area (Å²) in [5.41, 5.74) is 0.235. The Morgan fingerprint density at radius 3 is 2.60 bits per heavy atom. The second kappa shape index (κ2) is 5.07. The normalized spacial score (nSPS) is 23.8. The molecule has 2 nitrogen and oxygen atoms in total. The standard InChI is InChI=1S/C12H26N2S/c1-11(2,13-5)10-14-7-6-12(3,4)15-9-8-14/h13H,6-10H2,1-5H3. The number of rotatable bonds is 3. The molecule has 0 saturated carbocycles. The van der Waals surface area contributed by atoms with E-state index in [-0.39, 0.29) is 5.54 Å². The molecule has 0 radical (unpaired) electrons. The molecule has 3 heteroatoms. The Kier molecular flexibility index (Phi) is 4.50. The summed E-state index contributed by atoms with van der Waals surface area (Å²) in [4.78, 5) is 2.60. The van der Waals surface area contributed by atoms with Crippen LogP contribution in [-0.2, 0) is 0 Å². The number of hydrogen-bond donors (Lipinski definition) is 1. The van der Waals surface area contributed by atoms with E-state index in [1.165, 1.54) is 25.3 Å². The molecule has 0 unspecified atom stereocenters. The molecule has 1 aliphatic heterocycles. The van der Waals surface area contributed by atoms with Gasteiger partial charge < -0.3 is 10.2 Å². The van der Waals surface area contributed by atoms with Crippen molar-refractivity contribution in [2.24, 2.45) is 0 Å². The summed E-state index contributed by atoms with van der Waals surface area (Å²) < 4.78 is 0.471. The first-order chi connectivity index (χ1) is 6.85. The van der Waals surface area contributed by atoms with Gasteiger partial charge in [-0.05, 0) is 33.9 Å². The molecule has 0 aromatic rings. The first-order valence-electron chi connectivity index (χ1n) is 5.90. The van der Waals surface area contributed by atoms with Crippen LogP contribution in [0, 0.1) is 0 Å². The van der Waals surface area contributed by atoms with Crippen LogP contribution in [0.25, 0.3) is 0 Å². The van der Waals surface area contributed by atoms with Crippen LogP contribution in [0.5, 0.6) is 0 Å². The zero-order valence-corrected chi connectivity index (χ0v) is 11.7. The second-order valence-corrected chi connectivity index (χ2v) is 7.57. The van der Waals surface area contributed by atoms with Crippen LogP contribution >= 0.6 is 11.8 Å². The zero-order chi connectivity index (χ0) is 11.5. The molecule has 15 heavy (non-hydrogen) atoms. The van der Waals surface area contributed by atoms with Gasteiger partial charge in [-0.25, -0.2) is 0 Å². The van der Waals surface area contributed by atoms with Gasteiger partial charge in [-0.3, -0.25) is 0 Å². The quantitative estimate of drug-likeness (QED) is 0.800. The molecule has 0 spiro atoms. The molecular formula is C12H26N2S. The number of thioether (sulfide) groups is 1. The van der Waals surface area contributed by atoms with Gasteiger partial charge in [0.1, 0.15) is 0 Å². The van der Waals surface area contributed by atoms with Crippen molar-refractivity contribution in [1.82, 2.24) is 10.2 Å². The van der Waals surface area contributed by atoms with Crippen LogP contribution in [0.3, 0.4) is 0 Å². The third kappa shape index (κ3) is 4.75. The highest BCUT2D eigenvalue weighted by Crippen LogP contribution is 2.30. The van der Waals surface area contributed by atoms with Crippen LogP contribution < -0.4 is 5.32 Å². The minimum Gasteiger partial charge on any atom is -0.314 e. The third-order valence-corrected chi connectivity index (χ3v) is 4.60. The first kappa shape index (κ1) is 13.3. The van der Waals surface area contributed by atoms with Gasteiger partial charge in [0.25, 0.3) is 0 Å². The molecule has 1 aliphatic rings. The van der Waals surface area contributed by atoms with Crippen LogP contribution in [-0.4, -0.2) is 47.6 Å². The lowest BCUT2D eigenvalue weighted by molar-refractivity contribution is 0.214. The van der Waals surface area contributed by atoms with Crippen LogP contribution in [0.4, 0.5) is 0 Å². The fourth-order valence-electron chi connectivity index (χ4n) is 1.86. The Labute approximate surface area is 99.2 Å². The van der Waals surface area contributed by atoms with Crippen LogP contribution in [0.15, 0.2) is 0 Å². The molecule has 0 atom stereocenters. The maximum Gasteiger partial charge on any atom is 0.0249 e. The summed E-state index contributed by atoms with van der Waals surface area (Å²) in [5.74, 6) is 1.27. The highest BCUT2D eigenvalue weighted by Gasteiger charge is 2.26. The molecule has 1 fully saturated rings. The van der Waals surface area contributed by atoms with Gasteiger partial charge in [-0.1, -0.05) is 13.8 Å². The van der Waals surface area contributed by atoms with E-state index in [0.717, 1.165) is 6.54 Å². The summed E-state index contributed by atoms with van der Waals surface area (Å²) in [6.07, 6.45) is 1.30. The molecule has 0 aliphatic carbocycles. The smallest absolute Gasteiger partial charge is 0.0249 e. The molecule has 1 rings (SSSR count). The average Bonchev–Trinajstić information content (AvgIpc) is 2.28. The molecule has 0 aromatic carbocycles. The number of nitrogens with one attached hydrogen (secondary N) is 1. The molecule has 1 N–H and O–H groups in total. The van der Waals surface area contributed by atoms with Crippen molar-refractivity contribution in [3.05, 3.63) is 0 Å². The van der Waals surface area contributed by atoms with Gasteiger partial charge in [0, 0.05) is 29.1 Å². The molecule has 0 aromatic heterocycles. The Morgan fingerprint density at radius 1 is 1.33 bits per heavy atom. The van der Waals surface area contributed by atoms with E-state index in [0.29, 0.717) is 4.75 Å². The largest absolute Gasteiger partial charge is 0.314 e. The van der Waals surface area contributed by atoms with Crippen molar-refractivity contribution in [1.29, 1.82) is 0 Å². The van der Waals surface area contributed by atoms with Crippen molar-refractivity contribution < 1.29 is 0 Å². The topological polar surface area (TPSA) is 15.3 Å². The maximum absolute atomic E-state index is 3.38. The van der Waals surface area contributed by atoms with E-state index in [9.17, 15) is 0 Å². The van der Waals surface area contributed by atoms with Gasteiger partial charge in [0.15, 0.2) is 0 Å². The SMILES string of the molecule is CNC(C)(C)CN1CCSC(C)(C)CC1. The van der Waals surface area contributed by atoms with Crippen molar-refractivity contribution in [2.75, 3.05) is 32.4 Å². The number of likely N-dealkylation sites (N-methyl/N-ethyl adjacent to an activating group) is 1. The van der Waals surface area contributed by atoms with Crippen molar-refractivity contribution in [3.8, 4) is 0 Å². The van der Waals surface area contributed by atoms with Crippen molar-refractivity contribution in [2.45, 2.75) is 44.4 Å². The maximum atomic E-state index is 3.38. The molecule has 0 bridgehead atoms. The summed E-state index contributed by atoms with van der Waals surface area (Å²) in [6.45, 7) is 12.9. The second-order valence-electron chi connectivity index (χ2n) is 5.77. The molecule has 1 heterocycles. The fourth-order valence-corrected chi connectivity index (χ4v) is 3.00. The Morgan fingerprint density at radius 2 is 2.00 bits per heavy atom. The van der Waals surface area contributed by atoms with Gasteiger partial charge in [0.2, 0.25) is 0 Å². The first-order valence-corrected chi connectivity index (χ1v) is 6.88. The lowest BCUT2D eigenvalue weighted by Gasteiger charge is -2.32. The molecule has 90 valence electrons.